The molecule has 0 bridgehead atoms. The number of nitrogens with one attached hydrogen (secondary N) is 1. The van der Waals surface area contributed by atoms with Gasteiger partial charge in [0, 0.05) is 6.54 Å². The third-order valence-corrected chi connectivity index (χ3v) is 2.48. The number of nitrogen functional groups attached to an aromatic ring is 2. The average Bonchev–Trinajstić information content (AvgIpc) is 2.26. The van der Waals surface area contributed by atoms with Gasteiger partial charge in [-0.25, -0.2) is 0 Å². The van der Waals surface area contributed by atoms with E-state index in [0.29, 0.717) is 5.95 Å². The molecule has 0 aliphatic rings. The van der Waals surface area contributed by atoms with Gasteiger partial charge in [0.25, 0.3) is 0 Å². The zero-order chi connectivity index (χ0) is 12.5. The van der Waals surface area contributed by atoms with Gasteiger partial charge in [0.15, 0.2) is 0 Å². The number of hydrogen-bond donors (Lipinski definition) is 3. The molecule has 0 saturated heterocycles. The standard InChI is InChI=1S/C11H22N6/c1-2-3-4-5-6-7-8-14-11-16-9(12)15-10(13)17-11/h2-8H2,1H3,(H5,12,13,14,15,16,17). The first kappa shape index (κ1) is 13.5. The number of hydrogen-bond acceptors (Lipinski definition) is 6. The smallest absolute Gasteiger partial charge is 0.229 e. The van der Waals surface area contributed by atoms with Crippen LogP contribution >= 0.6 is 0 Å². The summed E-state index contributed by atoms with van der Waals surface area (Å²) in [5.74, 6) is 0.773. The Bertz CT molecular complexity index is 307. The molecule has 1 aromatic heterocycles. The molecule has 0 spiro atoms. The maximum Gasteiger partial charge on any atom is 0.229 e. The molecule has 0 fully saturated rings. The number of rotatable bonds is 8. The van der Waals surface area contributed by atoms with E-state index >= 15 is 0 Å². The van der Waals surface area contributed by atoms with Crippen molar-refractivity contribution in [3.63, 3.8) is 0 Å². The summed E-state index contributed by atoms with van der Waals surface area (Å²) in [6.07, 6.45) is 7.55. The lowest BCUT2D eigenvalue weighted by atomic mass is 10.1. The van der Waals surface area contributed by atoms with E-state index < -0.39 is 0 Å². The monoisotopic (exact) mass is 238 g/mol. The minimum absolute atomic E-state index is 0.156. The average molecular weight is 238 g/mol. The Kier molecular flexibility index (Phi) is 6.06. The van der Waals surface area contributed by atoms with Crippen molar-refractivity contribution in [2.45, 2.75) is 45.4 Å². The summed E-state index contributed by atoms with van der Waals surface area (Å²) >= 11 is 0. The molecule has 0 radical (unpaired) electrons. The fourth-order valence-electron chi connectivity index (χ4n) is 1.59. The van der Waals surface area contributed by atoms with Crippen LogP contribution in [-0.2, 0) is 0 Å². The van der Waals surface area contributed by atoms with Crippen molar-refractivity contribution < 1.29 is 0 Å². The van der Waals surface area contributed by atoms with E-state index in [-0.39, 0.29) is 11.9 Å². The van der Waals surface area contributed by atoms with E-state index in [1.54, 1.807) is 0 Å². The minimum atomic E-state index is 0.156. The molecule has 6 heteroatoms. The summed E-state index contributed by atoms with van der Waals surface area (Å²) in [4.78, 5) is 11.6. The van der Waals surface area contributed by atoms with Crippen LogP contribution in [0.15, 0.2) is 0 Å². The molecule has 96 valence electrons. The van der Waals surface area contributed by atoms with E-state index in [0.717, 1.165) is 13.0 Å². The third-order valence-electron chi connectivity index (χ3n) is 2.48. The zero-order valence-electron chi connectivity index (χ0n) is 10.4. The van der Waals surface area contributed by atoms with Gasteiger partial charge in [-0.3, -0.25) is 0 Å². The number of nitrogens with zero attached hydrogens (tertiary/aromatic N) is 3. The Hall–Kier alpha value is -1.59. The molecule has 17 heavy (non-hydrogen) atoms. The molecule has 0 amide bonds. The first-order valence-corrected chi connectivity index (χ1v) is 6.23. The Morgan fingerprint density at radius 1 is 0.882 bits per heavy atom. The van der Waals surface area contributed by atoms with Crippen LogP contribution in [0.3, 0.4) is 0 Å². The summed E-state index contributed by atoms with van der Waals surface area (Å²) in [5.41, 5.74) is 10.9. The number of anilines is 3. The lowest BCUT2D eigenvalue weighted by Crippen LogP contribution is -2.10. The van der Waals surface area contributed by atoms with Crippen LogP contribution in [-0.4, -0.2) is 21.5 Å². The van der Waals surface area contributed by atoms with Gasteiger partial charge in [0.1, 0.15) is 0 Å². The van der Waals surface area contributed by atoms with E-state index in [1.807, 2.05) is 0 Å². The van der Waals surface area contributed by atoms with Gasteiger partial charge >= 0.3 is 0 Å². The predicted octanol–water partition coefficient (Wildman–Crippen LogP) is 1.81. The molecule has 6 nitrogen and oxygen atoms in total. The molecule has 1 aromatic rings. The fraction of sp³-hybridized carbons (Fsp3) is 0.727. The molecule has 0 atom stereocenters. The molecular formula is C11H22N6. The van der Waals surface area contributed by atoms with Crippen LogP contribution in [0.2, 0.25) is 0 Å². The molecule has 1 rings (SSSR count). The molecule has 0 aliphatic heterocycles. The largest absolute Gasteiger partial charge is 0.368 e. The van der Waals surface area contributed by atoms with Crippen molar-refractivity contribution >= 4 is 17.8 Å². The first-order chi connectivity index (χ1) is 8.22. The van der Waals surface area contributed by atoms with Crippen LogP contribution in [0.1, 0.15) is 45.4 Å². The van der Waals surface area contributed by atoms with Gasteiger partial charge < -0.3 is 16.8 Å². The predicted molar refractivity (Wildman–Crippen MR) is 70.5 cm³/mol. The molecule has 1 heterocycles. The normalized spacial score (nSPS) is 10.4. The lowest BCUT2D eigenvalue weighted by Gasteiger charge is -2.05. The fourth-order valence-corrected chi connectivity index (χ4v) is 1.59. The van der Waals surface area contributed by atoms with Crippen LogP contribution in [0.25, 0.3) is 0 Å². The lowest BCUT2D eigenvalue weighted by molar-refractivity contribution is 0.616. The molecule has 5 N–H and O–H groups in total. The summed E-state index contributed by atoms with van der Waals surface area (Å²) in [5, 5.41) is 3.09. The van der Waals surface area contributed by atoms with Crippen LogP contribution in [0.4, 0.5) is 17.8 Å². The van der Waals surface area contributed by atoms with Crippen molar-refractivity contribution in [1.82, 2.24) is 15.0 Å². The van der Waals surface area contributed by atoms with E-state index in [4.69, 9.17) is 11.5 Å². The quantitative estimate of drug-likeness (QED) is 0.597. The van der Waals surface area contributed by atoms with Crippen molar-refractivity contribution in [3.05, 3.63) is 0 Å². The van der Waals surface area contributed by atoms with Crippen molar-refractivity contribution in [2.24, 2.45) is 0 Å². The van der Waals surface area contributed by atoms with Crippen LogP contribution < -0.4 is 16.8 Å². The summed E-state index contributed by atoms with van der Waals surface area (Å²) < 4.78 is 0. The van der Waals surface area contributed by atoms with Gasteiger partial charge in [-0.1, -0.05) is 39.0 Å². The van der Waals surface area contributed by atoms with Crippen molar-refractivity contribution in [1.29, 1.82) is 0 Å². The van der Waals surface area contributed by atoms with Gasteiger partial charge in [0.05, 0.1) is 0 Å². The second-order valence-corrected chi connectivity index (χ2v) is 4.07. The maximum absolute atomic E-state index is 5.46. The summed E-state index contributed by atoms with van der Waals surface area (Å²) in [7, 11) is 0. The topological polar surface area (TPSA) is 103 Å². The maximum atomic E-state index is 5.46. The molecule has 0 aromatic carbocycles. The molecule has 0 aliphatic carbocycles. The summed E-state index contributed by atoms with van der Waals surface area (Å²) in [6, 6.07) is 0. The minimum Gasteiger partial charge on any atom is -0.368 e. The number of nitrogens with two attached hydrogens (primary N) is 2. The Morgan fingerprint density at radius 2 is 1.47 bits per heavy atom. The first-order valence-electron chi connectivity index (χ1n) is 6.23. The molecule has 0 unspecified atom stereocenters. The van der Waals surface area contributed by atoms with Crippen molar-refractivity contribution in [3.8, 4) is 0 Å². The highest BCUT2D eigenvalue weighted by molar-refractivity contribution is 5.36. The third kappa shape index (κ3) is 5.89. The van der Waals surface area contributed by atoms with Gasteiger partial charge in [-0.2, -0.15) is 15.0 Å². The molecule has 0 saturated carbocycles. The second kappa shape index (κ2) is 7.65. The van der Waals surface area contributed by atoms with Crippen LogP contribution in [0, 0.1) is 0 Å². The SMILES string of the molecule is CCCCCCCCNc1nc(N)nc(N)n1. The second-order valence-electron chi connectivity index (χ2n) is 4.07. The Balaban J connectivity index is 2.13. The highest BCUT2D eigenvalue weighted by Crippen LogP contribution is 2.06. The Labute approximate surface area is 102 Å². The van der Waals surface area contributed by atoms with E-state index in [1.165, 1.54) is 32.1 Å². The van der Waals surface area contributed by atoms with E-state index in [2.05, 4.69) is 27.2 Å². The number of aromatic nitrogens is 3. The van der Waals surface area contributed by atoms with E-state index in [9.17, 15) is 0 Å². The van der Waals surface area contributed by atoms with Crippen LogP contribution in [0.5, 0.6) is 0 Å². The number of unbranched alkanes of at least 4 members (excludes halogenated alkanes) is 5. The van der Waals surface area contributed by atoms with Gasteiger partial charge in [0.2, 0.25) is 17.8 Å². The Morgan fingerprint density at radius 3 is 2.12 bits per heavy atom. The van der Waals surface area contributed by atoms with Gasteiger partial charge in [-0.05, 0) is 6.42 Å². The van der Waals surface area contributed by atoms with Crippen molar-refractivity contribution in [2.75, 3.05) is 23.3 Å². The van der Waals surface area contributed by atoms with Gasteiger partial charge in [-0.15, -0.1) is 0 Å². The summed E-state index contributed by atoms with van der Waals surface area (Å²) in [6.45, 7) is 3.06. The highest BCUT2D eigenvalue weighted by Gasteiger charge is 2.00. The zero-order valence-corrected chi connectivity index (χ0v) is 10.4. The highest BCUT2D eigenvalue weighted by atomic mass is 15.2. The molecular weight excluding hydrogens is 216 g/mol.